The summed E-state index contributed by atoms with van der Waals surface area (Å²) >= 11 is 1.47. The standard InChI is InChI=1S/C21H18N2OS/c1-15(2)24-20-11-7-6-10-17(20)12-18(13-22)21-23-19(14-25-21)16-8-4-3-5-9-16/h3-12,14-15H,1-2H3/b18-12+. The van der Waals surface area contributed by atoms with Gasteiger partial charge in [0.2, 0.25) is 0 Å². The quantitative estimate of drug-likeness (QED) is 0.560. The Hall–Kier alpha value is -2.90. The lowest BCUT2D eigenvalue weighted by Gasteiger charge is -2.12. The second-order valence-electron chi connectivity index (χ2n) is 5.78. The molecule has 25 heavy (non-hydrogen) atoms. The van der Waals surface area contributed by atoms with E-state index in [2.05, 4.69) is 11.1 Å². The molecule has 0 amide bonds. The maximum Gasteiger partial charge on any atom is 0.134 e. The largest absolute Gasteiger partial charge is 0.490 e. The Bertz CT molecular complexity index is 920. The highest BCUT2D eigenvalue weighted by molar-refractivity contribution is 7.11. The van der Waals surface area contributed by atoms with Crippen molar-refractivity contribution >= 4 is 23.0 Å². The number of nitrogens with zero attached hydrogens (tertiary/aromatic N) is 2. The molecule has 0 N–H and O–H groups in total. The number of aromatic nitrogens is 1. The fraction of sp³-hybridized carbons (Fsp3) is 0.143. The van der Waals surface area contributed by atoms with Gasteiger partial charge in [0, 0.05) is 16.5 Å². The third-order valence-electron chi connectivity index (χ3n) is 3.51. The molecule has 0 unspecified atom stereocenters. The first-order valence-corrected chi connectivity index (χ1v) is 8.94. The highest BCUT2D eigenvalue weighted by Gasteiger charge is 2.11. The molecule has 0 aliphatic heterocycles. The fourth-order valence-electron chi connectivity index (χ4n) is 2.40. The van der Waals surface area contributed by atoms with Crippen molar-refractivity contribution in [2.45, 2.75) is 20.0 Å². The molecule has 0 spiro atoms. The molecule has 4 heteroatoms. The van der Waals surface area contributed by atoms with Crippen LogP contribution in [0.25, 0.3) is 22.9 Å². The van der Waals surface area contributed by atoms with E-state index in [0.717, 1.165) is 22.6 Å². The summed E-state index contributed by atoms with van der Waals surface area (Å²) in [5.74, 6) is 0.769. The normalized spacial score (nSPS) is 11.4. The summed E-state index contributed by atoms with van der Waals surface area (Å²) in [6, 6.07) is 20.0. The van der Waals surface area contributed by atoms with Gasteiger partial charge in [0.25, 0.3) is 0 Å². The van der Waals surface area contributed by atoms with Gasteiger partial charge in [-0.15, -0.1) is 11.3 Å². The minimum atomic E-state index is 0.0737. The zero-order chi connectivity index (χ0) is 17.6. The molecule has 0 saturated heterocycles. The van der Waals surface area contributed by atoms with Gasteiger partial charge in [-0.1, -0.05) is 48.5 Å². The number of thiazole rings is 1. The molecule has 0 aliphatic rings. The number of para-hydroxylation sites is 1. The second-order valence-corrected chi connectivity index (χ2v) is 6.64. The van der Waals surface area contributed by atoms with E-state index in [1.54, 1.807) is 0 Å². The van der Waals surface area contributed by atoms with Gasteiger partial charge in [-0.05, 0) is 26.0 Å². The monoisotopic (exact) mass is 346 g/mol. The molecule has 124 valence electrons. The molecule has 1 heterocycles. The van der Waals surface area contributed by atoms with Crippen LogP contribution in [0.5, 0.6) is 5.75 Å². The first kappa shape index (κ1) is 16.9. The highest BCUT2D eigenvalue weighted by atomic mass is 32.1. The van der Waals surface area contributed by atoms with E-state index in [1.807, 2.05) is 79.9 Å². The lowest BCUT2D eigenvalue weighted by atomic mass is 10.1. The van der Waals surface area contributed by atoms with Crippen LogP contribution in [0.4, 0.5) is 0 Å². The van der Waals surface area contributed by atoms with Crippen LogP contribution in [0.2, 0.25) is 0 Å². The van der Waals surface area contributed by atoms with Crippen molar-refractivity contribution in [1.82, 2.24) is 4.98 Å². The second kappa shape index (κ2) is 7.78. The van der Waals surface area contributed by atoms with Gasteiger partial charge in [-0.25, -0.2) is 4.98 Å². The van der Waals surface area contributed by atoms with E-state index in [1.165, 1.54) is 11.3 Å². The number of hydrogen-bond acceptors (Lipinski definition) is 4. The Balaban J connectivity index is 1.95. The minimum absolute atomic E-state index is 0.0737. The summed E-state index contributed by atoms with van der Waals surface area (Å²) in [5, 5.41) is 12.3. The van der Waals surface area contributed by atoms with Crippen LogP contribution in [-0.4, -0.2) is 11.1 Å². The van der Waals surface area contributed by atoms with E-state index in [0.29, 0.717) is 10.6 Å². The summed E-state index contributed by atoms with van der Waals surface area (Å²) in [7, 11) is 0. The van der Waals surface area contributed by atoms with Crippen molar-refractivity contribution in [2.75, 3.05) is 0 Å². The Morgan fingerprint density at radius 2 is 1.84 bits per heavy atom. The third kappa shape index (κ3) is 4.14. The van der Waals surface area contributed by atoms with E-state index in [9.17, 15) is 5.26 Å². The first-order chi connectivity index (χ1) is 12.2. The van der Waals surface area contributed by atoms with E-state index in [4.69, 9.17) is 4.74 Å². The molecule has 0 aliphatic carbocycles. The van der Waals surface area contributed by atoms with Gasteiger partial charge < -0.3 is 4.74 Å². The van der Waals surface area contributed by atoms with Crippen molar-refractivity contribution in [3.05, 3.63) is 70.5 Å². The minimum Gasteiger partial charge on any atom is -0.490 e. The molecular weight excluding hydrogens is 328 g/mol. The SMILES string of the molecule is CC(C)Oc1ccccc1/C=C(\C#N)c1nc(-c2ccccc2)cs1. The Morgan fingerprint density at radius 3 is 2.56 bits per heavy atom. The molecule has 0 fully saturated rings. The lowest BCUT2D eigenvalue weighted by Crippen LogP contribution is -2.06. The lowest BCUT2D eigenvalue weighted by molar-refractivity contribution is 0.242. The molecule has 3 rings (SSSR count). The maximum absolute atomic E-state index is 9.60. The third-order valence-corrected chi connectivity index (χ3v) is 4.38. The zero-order valence-corrected chi connectivity index (χ0v) is 15.0. The zero-order valence-electron chi connectivity index (χ0n) is 14.1. The molecule has 2 aromatic carbocycles. The maximum atomic E-state index is 9.60. The molecular formula is C21H18N2OS. The summed E-state index contributed by atoms with van der Waals surface area (Å²) < 4.78 is 5.83. The molecule has 1 aromatic heterocycles. The molecule has 3 nitrogen and oxygen atoms in total. The van der Waals surface area contributed by atoms with Crippen LogP contribution >= 0.6 is 11.3 Å². The molecule has 3 aromatic rings. The average molecular weight is 346 g/mol. The number of hydrogen-bond donors (Lipinski definition) is 0. The average Bonchev–Trinajstić information content (AvgIpc) is 3.11. The van der Waals surface area contributed by atoms with Gasteiger partial charge in [0.1, 0.15) is 16.8 Å². The highest BCUT2D eigenvalue weighted by Crippen LogP contribution is 2.29. The van der Waals surface area contributed by atoms with Gasteiger partial charge in [-0.3, -0.25) is 0 Å². The number of nitriles is 1. The van der Waals surface area contributed by atoms with Crippen molar-refractivity contribution in [3.8, 4) is 23.1 Å². The summed E-state index contributed by atoms with van der Waals surface area (Å²) in [5.41, 5.74) is 3.34. The van der Waals surface area contributed by atoms with Crippen molar-refractivity contribution < 1.29 is 4.74 Å². The number of rotatable bonds is 5. The summed E-state index contributed by atoms with van der Waals surface area (Å²) in [4.78, 5) is 4.63. The van der Waals surface area contributed by atoms with E-state index in [-0.39, 0.29) is 6.10 Å². The Kier molecular flexibility index (Phi) is 5.27. The van der Waals surface area contributed by atoms with Gasteiger partial charge in [0.15, 0.2) is 0 Å². The topological polar surface area (TPSA) is 45.9 Å². The van der Waals surface area contributed by atoms with Crippen LogP contribution in [0.3, 0.4) is 0 Å². The van der Waals surface area contributed by atoms with Crippen molar-refractivity contribution in [1.29, 1.82) is 5.26 Å². The van der Waals surface area contributed by atoms with Crippen LogP contribution < -0.4 is 4.74 Å². The molecule has 0 atom stereocenters. The Labute approximate surface area is 151 Å². The first-order valence-electron chi connectivity index (χ1n) is 8.06. The van der Waals surface area contributed by atoms with E-state index < -0.39 is 0 Å². The van der Waals surface area contributed by atoms with Gasteiger partial charge >= 0.3 is 0 Å². The van der Waals surface area contributed by atoms with Gasteiger partial charge in [0.05, 0.1) is 17.4 Å². The smallest absolute Gasteiger partial charge is 0.134 e. The van der Waals surface area contributed by atoms with Gasteiger partial charge in [-0.2, -0.15) is 5.26 Å². The predicted molar refractivity (Wildman–Crippen MR) is 103 cm³/mol. The fourth-order valence-corrected chi connectivity index (χ4v) is 3.19. The number of ether oxygens (including phenoxy) is 1. The number of allylic oxidation sites excluding steroid dienone is 1. The summed E-state index contributed by atoms with van der Waals surface area (Å²) in [6.45, 7) is 3.97. The summed E-state index contributed by atoms with van der Waals surface area (Å²) in [6.07, 6.45) is 1.91. The van der Waals surface area contributed by atoms with Crippen LogP contribution in [0.15, 0.2) is 60.0 Å². The van der Waals surface area contributed by atoms with Crippen molar-refractivity contribution in [3.63, 3.8) is 0 Å². The predicted octanol–water partition coefficient (Wildman–Crippen LogP) is 5.66. The molecule has 0 bridgehead atoms. The van der Waals surface area contributed by atoms with Crippen LogP contribution in [0, 0.1) is 11.3 Å². The molecule has 0 radical (unpaired) electrons. The van der Waals surface area contributed by atoms with E-state index >= 15 is 0 Å². The Morgan fingerprint density at radius 1 is 1.12 bits per heavy atom. The van der Waals surface area contributed by atoms with Crippen LogP contribution in [0.1, 0.15) is 24.4 Å². The molecule has 0 saturated carbocycles. The van der Waals surface area contributed by atoms with Crippen molar-refractivity contribution in [2.24, 2.45) is 0 Å². The number of benzene rings is 2. The van der Waals surface area contributed by atoms with Crippen LogP contribution in [-0.2, 0) is 0 Å².